The second kappa shape index (κ2) is 12.7. The van der Waals surface area contributed by atoms with Gasteiger partial charge in [-0.2, -0.15) is 0 Å². The zero-order chi connectivity index (χ0) is 34.4. The molecule has 0 N–H and O–H groups in total. The summed E-state index contributed by atoms with van der Waals surface area (Å²) in [6, 6.07) is 73.0. The van der Waals surface area contributed by atoms with Gasteiger partial charge < -0.3 is 4.90 Å². The van der Waals surface area contributed by atoms with Crippen LogP contribution in [-0.4, -0.2) is 0 Å². The summed E-state index contributed by atoms with van der Waals surface area (Å²) in [5.74, 6) is 0. The molecule has 10 aromatic rings. The molecule has 2 heteroatoms. The monoisotopic (exact) mass is 679 g/mol. The van der Waals surface area contributed by atoms with Crippen LogP contribution in [0.15, 0.2) is 200 Å². The molecule has 0 aliphatic carbocycles. The maximum atomic E-state index is 2.42. The van der Waals surface area contributed by atoms with E-state index in [-0.39, 0.29) is 0 Å². The van der Waals surface area contributed by atoms with E-state index in [1.165, 1.54) is 75.1 Å². The van der Waals surface area contributed by atoms with E-state index in [2.05, 4.69) is 205 Å². The first-order valence-electron chi connectivity index (χ1n) is 17.8. The minimum atomic E-state index is 1.11. The van der Waals surface area contributed by atoms with Gasteiger partial charge in [-0.1, -0.05) is 152 Å². The van der Waals surface area contributed by atoms with E-state index in [4.69, 9.17) is 0 Å². The minimum Gasteiger partial charge on any atom is -0.310 e. The van der Waals surface area contributed by atoms with Gasteiger partial charge in [-0.15, -0.1) is 11.3 Å². The molecule has 0 fully saturated rings. The summed E-state index contributed by atoms with van der Waals surface area (Å²) in [6.45, 7) is 0. The van der Waals surface area contributed by atoms with Gasteiger partial charge in [0.2, 0.25) is 0 Å². The smallest absolute Gasteiger partial charge is 0.0540 e. The average Bonchev–Trinajstić information content (AvgIpc) is 3.60. The fourth-order valence-corrected chi connectivity index (χ4v) is 8.91. The highest BCUT2D eigenvalue weighted by Crippen LogP contribution is 2.45. The van der Waals surface area contributed by atoms with Crippen LogP contribution >= 0.6 is 11.3 Å². The Labute approximate surface area is 307 Å². The maximum absolute atomic E-state index is 2.42. The first kappa shape index (κ1) is 30.4. The summed E-state index contributed by atoms with van der Waals surface area (Å²) in [4.78, 5) is 2.42. The van der Waals surface area contributed by atoms with Crippen molar-refractivity contribution in [3.63, 3.8) is 0 Å². The predicted molar refractivity (Wildman–Crippen MR) is 225 cm³/mol. The normalized spacial score (nSPS) is 11.5. The Kier molecular flexibility index (Phi) is 7.41. The minimum absolute atomic E-state index is 1.11. The Morgan fingerprint density at radius 1 is 0.327 bits per heavy atom. The van der Waals surface area contributed by atoms with Crippen molar-refractivity contribution >= 4 is 70.1 Å². The number of thiophene rings is 1. The fourth-order valence-electron chi connectivity index (χ4n) is 7.78. The summed E-state index contributed by atoms with van der Waals surface area (Å²) in [6.07, 6.45) is 0. The van der Waals surface area contributed by atoms with Gasteiger partial charge in [0.1, 0.15) is 0 Å². The lowest BCUT2D eigenvalue weighted by Gasteiger charge is -2.29. The molecule has 0 radical (unpaired) electrons. The van der Waals surface area contributed by atoms with E-state index in [0.29, 0.717) is 0 Å². The molecule has 244 valence electrons. The zero-order valence-corrected chi connectivity index (χ0v) is 29.2. The lowest BCUT2D eigenvalue weighted by Crippen LogP contribution is -2.11. The molecule has 0 unspecified atom stereocenters. The Morgan fingerprint density at radius 3 is 1.85 bits per heavy atom. The lowest BCUT2D eigenvalue weighted by molar-refractivity contribution is 1.28. The number of hydrogen-bond donors (Lipinski definition) is 0. The molecule has 1 nitrogen and oxygen atoms in total. The first-order valence-corrected chi connectivity index (χ1v) is 18.6. The third kappa shape index (κ3) is 5.24. The van der Waals surface area contributed by atoms with Gasteiger partial charge in [0.25, 0.3) is 0 Å². The number of nitrogens with zero attached hydrogens (tertiary/aromatic N) is 1. The highest BCUT2D eigenvalue weighted by molar-refractivity contribution is 7.25. The summed E-state index contributed by atoms with van der Waals surface area (Å²) in [5, 5.41) is 7.62. The van der Waals surface area contributed by atoms with Crippen LogP contribution in [0.1, 0.15) is 0 Å². The Morgan fingerprint density at radius 2 is 0.942 bits per heavy atom. The number of rotatable bonds is 6. The zero-order valence-electron chi connectivity index (χ0n) is 28.4. The van der Waals surface area contributed by atoms with Gasteiger partial charge in [0.05, 0.1) is 5.69 Å². The third-order valence-electron chi connectivity index (χ3n) is 10.3. The summed E-state index contributed by atoms with van der Waals surface area (Å²) in [5.41, 5.74) is 10.6. The van der Waals surface area contributed by atoms with Gasteiger partial charge in [-0.25, -0.2) is 0 Å². The van der Waals surface area contributed by atoms with Crippen LogP contribution in [0.25, 0.3) is 75.1 Å². The molecule has 0 aliphatic rings. The molecule has 10 rings (SSSR count). The van der Waals surface area contributed by atoms with E-state index in [1.54, 1.807) is 0 Å². The van der Waals surface area contributed by atoms with Crippen molar-refractivity contribution < 1.29 is 0 Å². The second-order valence-corrected chi connectivity index (χ2v) is 14.4. The molecule has 0 atom stereocenters. The van der Waals surface area contributed by atoms with Crippen molar-refractivity contribution in [3.05, 3.63) is 200 Å². The Bertz CT molecular complexity index is 2910. The van der Waals surface area contributed by atoms with E-state index < -0.39 is 0 Å². The maximum Gasteiger partial charge on any atom is 0.0540 e. The largest absolute Gasteiger partial charge is 0.310 e. The summed E-state index contributed by atoms with van der Waals surface area (Å²) >= 11 is 1.86. The van der Waals surface area contributed by atoms with Crippen LogP contribution in [-0.2, 0) is 0 Å². The molecule has 1 aromatic heterocycles. The fraction of sp³-hybridized carbons (Fsp3) is 0. The number of hydrogen-bond acceptors (Lipinski definition) is 2. The van der Waals surface area contributed by atoms with Gasteiger partial charge in [0.15, 0.2) is 0 Å². The molecule has 0 saturated heterocycles. The van der Waals surface area contributed by atoms with E-state index in [1.807, 2.05) is 11.3 Å². The molecule has 0 saturated carbocycles. The molecule has 0 amide bonds. The van der Waals surface area contributed by atoms with Gasteiger partial charge in [0, 0.05) is 37.1 Å². The number of fused-ring (bicyclic) bond motifs is 5. The van der Waals surface area contributed by atoms with Crippen molar-refractivity contribution in [3.8, 4) is 33.4 Å². The van der Waals surface area contributed by atoms with Crippen molar-refractivity contribution in [2.75, 3.05) is 4.90 Å². The van der Waals surface area contributed by atoms with Crippen LogP contribution < -0.4 is 4.90 Å². The van der Waals surface area contributed by atoms with Crippen molar-refractivity contribution in [2.24, 2.45) is 0 Å². The highest BCUT2D eigenvalue weighted by atomic mass is 32.1. The number of anilines is 3. The first-order chi connectivity index (χ1) is 25.8. The van der Waals surface area contributed by atoms with Crippen molar-refractivity contribution in [1.82, 2.24) is 0 Å². The van der Waals surface area contributed by atoms with Crippen LogP contribution in [0.3, 0.4) is 0 Å². The molecule has 52 heavy (non-hydrogen) atoms. The molecular formula is C50H33NS. The molecule has 0 aliphatic heterocycles. The Balaban J connectivity index is 1.15. The molecule has 1 heterocycles. The highest BCUT2D eigenvalue weighted by Gasteiger charge is 2.19. The van der Waals surface area contributed by atoms with Crippen molar-refractivity contribution in [2.45, 2.75) is 0 Å². The quantitative estimate of drug-likeness (QED) is 0.169. The summed E-state index contributed by atoms with van der Waals surface area (Å²) < 4.78 is 2.64. The molecule has 0 bridgehead atoms. The summed E-state index contributed by atoms with van der Waals surface area (Å²) in [7, 11) is 0. The third-order valence-corrected chi connectivity index (χ3v) is 11.4. The number of para-hydroxylation sites is 1. The predicted octanol–water partition coefficient (Wildman–Crippen LogP) is 14.8. The van der Waals surface area contributed by atoms with Crippen LogP contribution in [0.4, 0.5) is 17.1 Å². The van der Waals surface area contributed by atoms with Gasteiger partial charge in [-0.3, -0.25) is 0 Å². The Hall–Kier alpha value is -6.48. The number of benzene rings is 9. The van der Waals surface area contributed by atoms with E-state index >= 15 is 0 Å². The van der Waals surface area contributed by atoms with Gasteiger partial charge in [-0.05, 0) is 97.9 Å². The van der Waals surface area contributed by atoms with E-state index in [0.717, 1.165) is 17.1 Å². The average molecular weight is 680 g/mol. The second-order valence-electron chi connectivity index (χ2n) is 13.3. The van der Waals surface area contributed by atoms with Crippen LogP contribution in [0.2, 0.25) is 0 Å². The standard InChI is InChI=1S/C50H33NS/c1-2-14-37-32-39(27-26-34(37)12-1)38-16-9-17-41(33-38)51(47-23-7-5-19-45(47)44-22-10-15-35-13-3-4-18-42(35)44)40-30-28-36(29-31-40)43-21-11-25-49-50(43)46-20-6-8-24-48(46)52-49/h1-33H. The van der Waals surface area contributed by atoms with Gasteiger partial charge >= 0.3 is 0 Å². The lowest BCUT2D eigenvalue weighted by atomic mass is 9.95. The molecule has 0 spiro atoms. The van der Waals surface area contributed by atoms with Crippen LogP contribution in [0.5, 0.6) is 0 Å². The van der Waals surface area contributed by atoms with Crippen molar-refractivity contribution in [1.29, 1.82) is 0 Å². The molecule has 9 aromatic carbocycles. The topological polar surface area (TPSA) is 3.24 Å². The van der Waals surface area contributed by atoms with E-state index in [9.17, 15) is 0 Å². The SMILES string of the molecule is c1cc(-c2ccc3ccccc3c2)cc(N(c2ccc(-c3cccc4sc5ccccc5c34)cc2)c2ccccc2-c2cccc3ccccc23)c1. The molecular weight excluding hydrogens is 647 g/mol. The van der Waals surface area contributed by atoms with Crippen LogP contribution in [0, 0.1) is 0 Å².